The third-order valence-electron chi connectivity index (χ3n) is 2.31. The summed E-state index contributed by atoms with van der Waals surface area (Å²) in [6, 6.07) is 4.00. The Kier molecular flexibility index (Phi) is 4.18. The summed E-state index contributed by atoms with van der Waals surface area (Å²) >= 11 is 3.20. The molecule has 100 valence electrons. The van der Waals surface area contributed by atoms with Crippen molar-refractivity contribution in [3.8, 4) is 0 Å². The average molecular weight is 318 g/mol. The first kappa shape index (κ1) is 15.1. The second-order valence-electron chi connectivity index (χ2n) is 5.33. The maximum Gasteiger partial charge on any atom is 0.331 e. The number of nitrogens with two attached hydrogens (primary N) is 1. The van der Waals surface area contributed by atoms with E-state index < -0.39 is 22.9 Å². The number of esters is 1. The van der Waals surface area contributed by atoms with E-state index in [2.05, 4.69) is 15.9 Å². The lowest BCUT2D eigenvalue weighted by Gasteiger charge is -2.29. The Labute approximate surface area is 115 Å². The molecule has 0 amide bonds. The van der Waals surface area contributed by atoms with Crippen molar-refractivity contribution in [1.82, 2.24) is 0 Å². The van der Waals surface area contributed by atoms with E-state index in [4.69, 9.17) is 10.5 Å². The molecule has 0 saturated heterocycles. The highest BCUT2D eigenvalue weighted by Crippen LogP contribution is 2.29. The van der Waals surface area contributed by atoms with Gasteiger partial charge < -0.3 is 10.5 Å². The molecule has 0 aromatic heterocycles. The quantitative estimate of drug-likeness (QED) is 0.853. The SMILES string of the molecule is CC(C)(C)OC(=O)C(C)(N)c1ccc(F)cc1Br. The summed E-state index contributed by atoms with van der Waals surface area (Å²) in [6.07, 6.45) is 0. The van der Waals surface area contributed by atoms with Crippen LogP contribution in [0.15, 0.2) is 22.7 Å². The fraction of sp³-hybridized carbons (Fsp3) is 0.462. The smallest absolute Gasteiger partial charge is 0.331 e. The van der Waals surface area contributed by atoms with Gasteiger partial charge in [0.25, 0.3) is 0 Å². The number of ether oxygens (including phenoxy) is 1. The van der Waals surface area contributed by atoms with Crippen LogP contribution in [0, 0.1) is 5.82 Å². The number of carbonyl (C=O) groups excluding carboxylic acids is 1. The standard InChI is InChI=1S/C13H17BrFNO2/c1-12(2,3)18-11(17)13(4,16)9-6-5-8(15)7-10(9)14/h5-7H,16H2,1-4H3. The third-order valence-corrected chi connectivity index (χ3v) is 2.97. The summed E-state index contributed by atoms with van der Waals surface area (Å²) in [7, 11) is 0. The Hall–Kier alpha value is -0.940. The topological polar surface area (TPSA) is 52.3 Å². The van der Waals surface area contributed by atoms with E-state index in [1.54, 1.807) is 27.7 Å². The maximum absolute atomic E-state index is 13.0. The summed E-state index contributed by atoms with van der Waals surface area (Å²) in [5, 5.41) is 0. The molecule has 0 heterocycles. The van der Waals surface area contributed by atoms with Gasteiger partial charge in [-0.3, -0.25) is 0 Å². The fourth-order valence-electron chi connectivity index (χ4n) is 1.40. The first-order valence-corrected chi connectivity index (χ1v) is 6.31. The minimum Gasteiger partial charge on any atom is -0.458 e. The molecular formula is C13H17BrFNO2. The largest absolute Gasteiger partial charge is 0.458 e. The van der Waals surface area contributed by atoms with E-state index in [0.717, 1.165) is 0 Å². The van der Waals surface area contributed by atoms with E-state index >= 15 is 0 Å². The predicted molar refractivity (Wildman–Crippen MR) is 71.5 cm³/mol. The van der Waals surface area contributed by atoms with E-state index in [1.807, 2.05) is 0 Å². The van der Waals surface area contributed by atoms with E-state index in [9.17, 15) is 9.18 Å². The van der Waals surface area contributed by atoms with Crippen LogP contribution in [0.4, 0.5) is 4.39 Å². The zero-order chi connectivity index (χ0) is 14.1. The van der Waals surface area contributed by atoms with E-state index in [-0.39, 0.29) is 0 Å². The monoisotopic (exact) mass is 317 g/mol. The van der Waals surface area contributed by atoms with Gasteiger partial charge in [-0.2, -0.15) is 0 Å². The minimum absolute atomic E-state index is 0.398. The van der Waals surface area contributed by atoms with Crippen LogP contribution >= 0.6 is 15.9 Å². The number of hydrogen-bond donors (Lipinski definition) is 1. The molecule has 1 aromatic carbocycles. The Bertz CT molecular complexity index is 467. The van der Waals surface area contributed by atoms with Crippen LogP contribution in [0.3, 0.4) is 0 Å². The summed E-state index contributed by atoms with van der Waals surface area (Å²) in [5.41, 5.74) is 4.54. The van der Waals surface area contributed by atoms with Crippen LogP contribution in [0.25, 0.3) is 0 Å². The average Bonchev–Trinajstić information content (AvgIpc) is 2.13. The lowest BCUT2D eigenvalue weighted by Crippen LogP contribution is -2.46. The molecule has 0 spiro atoms. The van der Waals surface area contributed by atoms with Gasteiger partial charge in [-0.1, -0.05) is 22.0 Å². The van der Waals surface area contributed by atoms with E-state index in [0.29, 0.717) is 10.0 Å². The summed E-state index contributed by atoms with van der Waals surface area (Å²) < 4.78 is 18.7. The summed E-state index contributed by atoms with van der Waals surface area (Å²) in [4.78, 5) is 12.1. The molecule has 0 saturated carbocycles. The van der Waals surface area contributed by atoms with Crippen LogP contribution in [0.1, 0.15) is 33.3 Å². The van der Waals surface area contributed by atoms with Gasteiger partial charge in [-0.15, -0.1) is 0 Å². The molecule has 0 bridgehead atoms. The van der Waals surface area contributed by atoms with Gasteiger partial charge in [0.1, 0.15) is 17.0 Å². The van der Waals surface area contributed by atoms with Crippen LogP contribution in [-0.2, 0) is 15.1 Å². The normalized spacial score (nSPS) is 15.1. The lowest BCUT2D eigenvalue weighted by atomic mass is 9.93. The molecule has 1 aromatic rings. The van der Waals surface area contributed by atoms with Gasteiger partial charge >= 0.3 is 5.97 Å². The molecule has 1 unspecified atom stereocenters. The van der Waals surface area contributed by atoms with Gasteiger partial charge in [0.05, 0.1) is 0 Å². The maximum atomic E-state index is 13.0. The highest BCUT2D eigenvalue weighted by molar-refractivity contribution is 9.10. The van der Waals surface area contributed by atoms with Crippen molar-refractivity contribution in [3.63, 3.8) is 0 Å². The van der Waals surface area contributed by atoms with Crippen molar-refractivity contribution in [1.29, 1.82) is 0 Å². The molecule has 0 aliphatic carbocycles. The van der Waals surface area contributed by atoms with Gasteiger partial charge in [-0.05, 0) is 45.4 Å². The number of carbonyl (C=O) groups is 1. The molecule has 1 atom stereocenters. The fourth-order valence-corrected chi connectivity index (χ4v) is 2.17. The molecule has 0 radical (unpaired) electrons. The zero-order valence-corrected chi connectivity index (χ0v) is 12.5. The molecule has 1 rings (SSSR count). The second-order valence-corrected chi connectivity index (χ2v) is 6.18. The predicted octanol–water partition coefficient (Wildman–Crippen LogP) is 3.10. The number of benzene rings is 1. The van der Waals surface area contributed by atoms with Crippen LogP contribution < -0.4 is 5.73 Å². The van der Waals surface area contributed by atoms with Crippen molar-refractivity contribution in [3.05, 3.63) is 34.1 Å². The molecule has 5 heteroatoms. The third kappa shape index (κ3) is 3.53. The van der Waals surface area contributed by atoms with Crippen molar-refractivity contribution < 1.29 is 13.9 Å². The number of halogens is 2. The molecule has 0 fully saturated rings. The number of rotatable bonds is 2. The van der Waals surface area contributed by atoms with Gasteiger partial charge in [-0.25, -0.2) is 9.18 Å². The molecule has 2 N–H and O–H groups in total. The van der Waals surface area contributed by atoms with Gasteiger partial charge in [0.2, 0.25) is 0 Å². The Morgan fingerprint density at radius 3 is 2.33 bits per heavy atom. The van der Waals surface area contributed by atoms with Crippen molar-refractivity contribution in [2.24, 2.45) is 5.73 Å². The molecule has 0 aliphatic rings. The van der Waals surface area contributed by atoms with Crippen molar-refractivity contribution in [2.75, 3.05) is 0 Å². The summed E-state index contributed by atoms with van der Waals surface area (Å²) in [6.45, 7) is 6.83. The lowest BCUT2D eigenvalue weighted by molar-refractivity contribution is -0.161. The highest BCUT2D eigenvalue weighted by Gasteiger charge is 2.36. The first-order valence-electron chi connectivity index (χ1n) is 5.52. The molecular weight excluding hydrogens is 301 g/mol. The second kappa shape index (κ2) is 4.97. The van der Waals surface area contributed by atoms with Gasteiger partial charge in [0.15, 0.2) is 0 Å². The van der Waals surface area contributed by atoms with Crippen molar-refractivity contribution >= 4 is 21.9 Å². The minimum atomic E-state index is -1.33. The molecule has 0 aliphatic heterocycles. The van der Waals surface area contributed by atoms with Crippen LogP contribution in [0.5, 0.6) is 0 Å². The molecule has 18 heavy (non-hydrogen) atoms. The van der Waals surface area contributed by atoms with E-state index in [1.165, 1.54) is 18.2 Å². The molecule has 3 nitrogen and oxygen atoms in total. The Morgan fingerprint density at radius 2 is 1.89 bits per heavy atom. The van der Waals surface area contributed by atoms with Crippen LogP contribution in [-0.4, -0.2) is 11.6 Å². The van der Waals surface area contributed by atoms with Crippen molar-refractivity contribution in [2.45, 2.75) is 38.8 Å². The summed E-state index contributed by atoms with van der Waals surface area (Å²) in [5.74, 6) is -0.951. The Balaban J connectivity index is 3.09. The van der Waals surface area contributed by atoms with Crippen LogP contribution in [0.2, 0.25) is 0 Å². The first-order chi connectivity index (χ1) is 8.04. The Morgan fingerprint density at radius 1 is 1.33 bits per heavy atom. The van der Waals surface area contributed by atoms with Gasteiger partial charge in [0, 0.05) is 4.47 Å². The zero-order valence-electron chi connectivity index (χ0n) is 10.9. The number of hydrogen-bond acceptors (Lipinski definition) is 3. The highest BCUT2D eigenvalue weighted by atomic mass is 79.9.